The molecule has 1 aliphatic rings. The normalized spacial score (nSPS) is 18.2. The van der Waals surface area contributed by atoms with Crippen LogP contribution in [0.4, 0.5) is 0 Å². The zero-order valence-electron chi connectivity index (χ0n) is 13.6. The highest BCUT2D eigenvalue weighted by Crippen LogP contribution is 2.22. The number of nitriles is 1. The van der Waals surface area contributed by atoms with Gasteiger partial charge in [0.15, 0.2) is 6.10 Å². The van der Waals surface area contributed by atoms with Crippen LogP contribution in [0.3, 0.4) is 0 Å². The summed E-state index contributed by atoms with van der Waals surface area (Å²) in [5.41, 5.74) is 0.518. The number of aromatic nitrogens is 2. The summed E-state index contributed by atoms with van der Waals surface area (Å²) in [7, 11) is 0. The summed E-state index contributed by atoms with van der Waals surface area (Å²) >= 11 is 0. The molecule has 0 bridgehead atoms. The monoisotopic (exact) mass is 324 g/mol. The van der Waals surface area contributed by atoms with E-state index in [9.17, 15) is 4.79 Å². The van der Waals surface area contributed by atoms with Crippen LogP contribution in [0.1, 0.15) is 25.3 Å². The van der Waals surface area contributed by atoms with Crippen LogP contribution in [0, 0.1) is 11.3 Å². The fourth-order valence-electron chi connectivity index (χ4n) is 3.07. The van der Waals surface area contributed by atoms with Crippen molar-refractivity contribution in [1.82, 2.24) is 14.7 Å². The van der Waals surface area contributed by atoms with Gasteiger partial charge in [-0.25, -0.2) is 0 Å². The average molecular weight is 324 g/mol. The molecule has 1 saturated heterocycles. The van der Waals surface area contributed by atoms with Crippen LogP contribution in [0.5, 0.6) is 5.75 Å². The zero-order valence-corrected chi connectivity index (χ0v) is 13.6. The second-order valence-electron chi connectivity index (χ2n) is 5.96. The summed E-state index contributed by atoms with van der Waals surface area (Å²) in [4.78, 5) is 14.6. The van der Waals surface area contributed by atoms with Crippen LogP contribution in [0.15, 0.2) is 42.7 Å². The van der Waals surface area contributed by atoms with Gasteiger partial charge >= 0.3 is 0 Å². The van der Waals surface area contributed by atoms with Crippen LogP contribution in [-0.2, 0) is 11.3 Å². The van der Waals surface area contributed by atoms with Crippen LogP contribution < -0.4 is 4.74 Å². The van der Waals surface area contributed by atoms with Crippen molar-refractivity contribution in [2.75, 3.05) is 6.54 Å². The average Bonchev–Trinajstić information content (AvgIpc) is 3.26. The quantitative estimate of drug-likeness (QED) is 0.845. The molecule has 0 aliphatic carbocycles. The Kier molecular flexibility index (Phi) is 4.80. The highest BCUT2D eigenvalue weighted by atomic mass is 16.5. The molecule has 1 fully saturated rings. The fourth-order valence-corrected chi connectivity index (χ4v) is 3.07. The molecule has 0 N–H and O–H groups in total. The molecule has 124 valence electrons. The number of amides is 1. The van der Waals surface area contributed by atoms with Gasteiger partial charge in [0, 0.05) is 18.9 Å². The van der Waals surface area contributed by atoms with E-state index in [-0.39, 0.29) is 11.9 Å². The molecule has 2 atom stereocenters. The van der Waals surface area contributed by atoms with E-state index in [0.717, 1.165) is 19.4 Å². The first-order valence-corrected chi connectivity index (χ1v) is 8.12. The number of nitrogens with zero attached hydrogens (tertiary/aromatic N) is 4. The van der Waals surface area contributed by atoms with Gasteiger partial charge in [0.05, 0.1) is 24.2 Å². The molecule has 6 nitrogen and oxygen atoms in total. The van der Waals surface area contributed by atoms with E-state index in [0.29, 0.717) is 17.9 Å². The van der Waals surface area contributed by atoms with Crippen LogP contribution in [-0.4, -0.2) is 39.3 Å². The lowest BCUT2D eigenvalue weighted by molar-refractivity contribution is -0.139. The number of carbonyl (C=O) groups is 1. The van der Waals surface area contributed by atoms with E-state index in [1.54, 1.807) is 37.4 Å². The SMILES string of the molecule is C[C@H](Oc1cccc(C#N)c1)C(=O)N1CCC[C@@H]1Cn1cccn1. The Hall–Kier alpha value is -2.81. The molecular weight excluding hydrogens is 304 g/mol. The van der Waals surface area contributed by atoms with Crippen molar-refractivity contribution in [2.24, 2.45) is 0 Å². The Balaban J connectivity index is 1.64. The molecule has 24 heavy (non-hydrogen) atoms. The third kappa shape index (κ3) is 3.57. The molecule has 6 heteroatoms. The van der Waals surface area contributed by atoms with Gasteiger partial charge in [-0.3, -0.25) is 9.48 Å². The van der Waals surface area contributed by atoms with Crippen molar-refractivity contribution in [2.45, 2.75) is 38.5 Å². The maximum atomic E-state index is 12.7. The van der Waals surface area contributed by atoms with Gasteiger partial charge < -0.3 is 9.64 Å². The van der Waals surface area contributed by atoms with Gasteiger partial charge in [0.1, 0.15) is 5.75 Å². The Morgan fingerprint density at radius 3 is 3.12 bits per heavy atom. The minimum Gasteiger partial charge on any atom is -0.481 e. The fraction of sp³-hybridized carbons (Fsp3) is 0.389. The van der Waals surface area contributed by atoms with E-state index in [2.05, 4.69) is 11.2 Å². The maximum Gasteiger partial charge on any atom is 0.263 e. The largest absolute Gasteiger partial charge is 0.481 e. The predicted octanol–water partition coefficient (Wildman–Crippen LogP) is 2.21. The van der Waals surface area contributed by atoms with Crippen LogP contribution >= 0.6 is 0 Å². The van der Waals surface area contributed by atoms with Crippen molar-refractivity contribution in [3.05, 3.63) is 48.3 Å². The van der Waals surface area contributed by atoms with E-state index < -0.39 is 6.10 Å². The van der Waals surface area contributed by atoms with Crippen molar-refractivity contribution >= 4 is 5.91 Å². The van der Waals surface area contributed by atoms with Crippen LogP contribution in [0.25, 0.3) is 0 Å². The van der Waals surface area contributed by atoms with E-state index >= 15 is 0 Å². The molecule has 0 saturated carbocycles. The minimum absolute atomic E-state index is 0.0213. The molecule has 1 amide bonds. The molecule has 1 aliphatic heterocycles. The first-order valence-electron chi connectivity index (χ1n) is 8.12. The zero-order chi connectivity index (χ0) is 16.9. The molecule has 2 aromatic rings. The summed E-state index contributed by atoms with van der Waals surface area (Å²) in [6.07, 6.45) is 5.04. The standard InChI is InChI=1S/C18H20N4O2/c1-14(24-17-7-2-5-15(11-17)12-19)18(23)22-10-3-6-16(22)13-21-9-4-8-20-21/h2,4-5,7-9,11,14,16H,3,6,10,13H2,1H3/t14-,16+/m0/s1. The van der Waals surface area contributed by atoms with Gasteiger partial charge in [0.25, 0.3) is 5.91 Å². The predicted molar refractivity (Wildman–Crippen MR) is 88.2 cm³/mol. The van der Waals surface area contributed by atoms with Gasteiger partial charge in [0.2, 0.25) is 0 Å². The second kappa shape index (κ2) is 7.18. The number of carbonyl (C=O) groups excluding carboxylic acids is 1. The minimum atomic E-state index is -0.586. The Morgan fingerprint density at radius 2 is 2.38 bits per heavy atom. The highest BCUT2D eigenvalue weighted by molar-refractivity contribution is 5.81. The lowest BCUT2D eigenvalue weighted by atomic mass is 10.2. The highest BCUT2D eigenvalue weighted by Gasteiger charge is 2.32. The van der Waals surface area contributed by atoms with Gasteiger partial charge in [-0.2, -0.15) is 10.4 Å². The molecule has 2 heterocycles. The lowest BCUT2D eigenvalue weighted by Crippen LogP contribution is -2.44. The Bertz CT molecular complexity index is 736. The first kappa shape index (κ1) is 16.1. The molecule has 1 aromatic carbocycles. The maximum absolute atomic E-state index is 12.7. The van der Waals surface area contributed by atoms with Gasteiger partial charge in [-0.1, -0.05) is 6.07 Å². The van der Waals surface area contributed by atoms with E-state index in [4.69, 9.17) is 10.00 Å². The summed E-state index contributed by atoms with van der Waals surface area (Å²) < 4.78 is 7.61. The Morgan fingerprint density at radius 1 is 1.50 bits per heavy atom. The van der Waals surface area contributed by atoms with Crippen LogP contribution in [0.2, 0.25) is 0 Å². The summed E-state index contributed by atoms with van der Waals surface area (Å²) in [5.74, 6) is 0.518. The van der Waals surface area contributed by atoms with Crippen molar-refractivity contribution in [1.29, 1.82) is 5.26 Å². The van der Waals surface area contributed by atoms with E-state index in [1.165, 1.54) is 0 Å². The first-order chi connectivity index (χ1) is 11.7. The van der Waals surface area contributed by atoms with Crippen molar-refractivity contribution in [3.63, 3.8) is 0 Å². The number of benzene rings is 1. The third-order valence-corrected chi connectivity index (χ3v) is 4.24. The number of rotatable bonds is 5. The smallest absolute Gasteiger partial charge is 0.263 e. The topological polar surface area (TPSA) is 71.2 Å². The number of ether oxygens (including phenoxy) is 1. The van der Waals surface area contributed by atoms with Gasteiger partial charge in [-0.05, 0) is 44.0 Å². The summed E-state index contributed by atoms with van der Waals surface area (Å²) in [6, 6.07) is 11.0. The van der Waals surface area contributed by atoms with E-state index in [1.807, 2.05) is 21.8 Å². The molecule has 0 unspecified atom stereocenters. The van der Waals surface area contributed by atoms with Crippen molar-refractivity contribution in [3.8, 4) is 11.8 Å². The number of likely N-dealkylation sites (tertiary alicyclic amines) is 1. The number of hydrogen-bond donors (Lipinski definition) is 0. The summed E-state index contributed by atoms with van der Waals surface area (Å²) in [5, 5.41) is 13.2. The van der Waals surface area contributed by atoms with Gasteiger partial charge in [-0.15, -0.1) is 0 Å². The lowest BCUT2D eigenvalue weighted by Gasteiger charge is -2.27. The molecule has 0 radical (unpaired) electrons. The third-order valence-electron chi connectivity index (χ3n) is 4.24. The molecule has 0 spiro atoms. The second-order valence-corrected chi connectivity index (χ2v) is 5.96. The molecular formula is C18H20N4O2. The molecule has 1 aromatic heterocycles. The van der Waals surface area contributed by atoms with Crippen molar-refractivity contribution < 1.29 is 9.53 Å². The number of hydrogen-bond acceptors (Lipinski definition) is 4. The Labute approximate surface area is 141 Å². The summed E-state index contributed by atoms with van der Waals surface area (Å²) in [6.45, 7) is 3.21. The molecule has 3 rings (SSSR count).